The zero-order chi connectivity index (χ0) is 22.7. The quantitative estimate of drug-likeness (QED) is 0.291. The van der Waals surface area contributed by atoms with Crippen molar-refractivity contribution in [1.82, 2.24) is 29.5 Å². The molecule has 0 aliphatic heterocycles. The van der Waals surface area contributed by atoms with Crippen LogP contribution in [0.25, 0.3) is 22.8 Å². The Morgan fingerprint density at radius 1 is 0.968 bits per heavy atom. The number of aryl methyl sites for hydroxylation is 2. The van der Waals surface area contributed by atoms with Crippen molar-refractivity contribution in [3.8, 4) is 22.8 Å². The lowest BCUT2D eigenvalue weighted by molar-refractivity contribution is -0.385. The summed E-state index contributed by atoms with van der Waals surface area (Å²) < 4.78 is 3.21. The number of nitrogens with two attached hydrogens (primary N) is 1. The molecule has 160 valence electrons. The molecular formula is C20H21ClN8O2. The molecule has 0 amide bonds. The zero-order valence-electron chi connectivity index (χ0n) is 17.4. The third-order valence-electron chi connectivity index (χ3n) is 4.60. The van der Waals surface area contributed by atoms with E-state index in [4.69, 9.17) is 17.3 Å². The lowest BCUT2D eigenvalue weighted by atomic mass is 10.1. The van der Waals surface area contributed by atoms with Crippen LogP contribution in [0.15, 0.2) is 43.0 Å². The maximum atomic E-state index is 10.9. The summed E-state index contributed by atoms with van der Waals surface area (Å²) in [5, 5.41) is 19.5. The largest absolute Gasteiger partial charge is 0.398 e. The number of nitro benzene ring substituents is 1. The fourth-order valence-electron chi connectivity index (χ4n) is 2.91. The van der Waals surface area contributed by atoms with E-state index in [-0.39, 0.29) is 5.69 Å². The van der Waals surface area contributed by atoms with Crippen molar-refractivity contribution < 1.29 is 4.92 Å². The number of hydrogen-bond acceptors (Lipinski definition) is 7. The second kappa shape index (κ2) is 8.92. The number of nitro groups is 1. The van der Waals surface area contributed by atoms with Crippen LogP contribution in [-0.4, -0.2) is 34.5 Å². The average Bonchev–Trinajstić information content (AvgIpc) is 3.34. The standard InChI is InChI=1S/C10H9ClN4O2.C10H12N4/c1-6-8(10-12-5-14(2)13-10)3-7(11)4-9(6)15(16)17;1-7-8(4-3-5-9(7)11)10-12-6-14(2)13-10/h3-5H,1-2H3;3-6H,11H2,1-2H3. The van der Waals surface area contributed by atoms with Crippen molar-refractivity contribution in [3.63, 3.8) is 0 Å². The van der Waals surface area contributed by atoms with Gasteiger partial charge in [-0.2, -0.15) is 10.2 Å². The summed E-state index contributed by atoms with van der Waals surface area (Å²) >= 11 is 5.86. The summed E-state index contributed by atoms with van der Waals surface area (Å²) in [5.41, 5.74) is 9.64. The smallest absolute Gasteiger partial charge is 0.274 e. The molecule has 31 heavy (non-hydrogen) atoms. The Bertz CT molecular complexity index is 1250. The molecule has 0 saturated heterocycles. The summed E-state index contributed by atoms with van der Waals surface area (Å²) in [6.45, 7) is 3.63. The molecule has 0 aliphatic carbocycles. The highest BCUT2D eigenvalue weighted by atomic mass is 35.5. The van der Waals surface area contributed by atoms with Crippen molar-refractivity contribution >= 4 is 23.0 Å². The first-order valence-electron chi connectivity index (χ1n) is 9.19. The molecule has 0 unspecified atom stereocenters. The Morgan fingerprint density at radius 3 is 2.06 bits per heavy atom. The van der Waals surface area contributed by atoms with Crippen LogP contribution in [0.3, 0.4) is 0 Å². The minimum atomic E-state index is -0.465. The molecule has 0 atom stereocenters. The van der Waals surface area contributed by atoms with E-state index in [0.717, 1.165) is 22.6 Å². The van der Waals surface area contributed by atoms with Gasteiger partial charge in [-0.05, 0) is 31.5 Å². The fourth-order valence-corrected chi connectivity index (χ4v) is 3.12. The molecule has 0 saturated carbocycles. The van der Waals surface area contributed by atoms with Crippen molar-refractivity contribution in [3.05, 3.63) is 69.3 Å². The highest BCUT2D eigenvalue weighted by molar-refractivity contribution is 6.31. The van der Waals surface area contributed by atoms with Gasteiger partial charge in [-0.1, -0.05) is 23.7 Å². The van der Waals surface area contributed by atoms with E-state index in [2.05, 4.69) is 20.2 Å². The number of hydrogen-bond donors (Lipinski definition) is 1. The van der Waals surface area contributed by atoms with Gasteiger partial charge in [-0.15, -0.1) is 0 Å². The summed E-state index contributed by atoms with van der Waals surface area (Å²) in [7, 11) is 3.57. The van der Waals surface area contributed by atoms with E-state index in [0.29, 0.717) is 22.0 Å². The van der Waals surface area contributed by atoms with Gasteiger partial charge in [0, 0.05) is 47.6 Å². The fraction of sp³-hybridized carbons (Fsp3) is 0.200. The van der Waals surface area contributed by atoms with Crippen molar-refractivity contribution in [2.45, 2.75) is 13.8 Å². The molecule has 10 nitrogen and oxygen atoms in total. The minimum absolute atomic E-state index is 0.0278. The van der Waals surface area contributed by atoms with Gasteiger partial charge >= 0.3 is 0 Å². The van der Waals surface area contributed by atoms with E-state index in [1.54, 1.807) is 31.0 Å². The number of nitrogens with zero attached hydrogens (tertiary/aromatic N) is 7. The molecule has 2 aromatic heterocycles. The lowest BCUT2D eigenvalue weighted by Crippen LogP contribution is -1.96. The van der Waals surface area contributed by atoms with Crippen LogP contribution in [-0.2, 0) is 14.1 Å². The van der Waals surface area contributed by atoms with Gasteiger partial charge in [-0.3, -0.25) is 19.5 Å². The van der Waals surface area contributed by atoms with Crippen LogP contribution in [0.4, 0.5) is 11.4 Å². The number of benzene rings is 2. The van der Waals surface area contributed by atoms with Crippen LogP contribution in [0.5, 0.6) is 0 Å². The first-order chi connectivity index (χ1) is 14.7. The molecule has 2 heterocycles. The number of anilines is 1. The normalized spacial score (nSPS) is 10.5. The molecule has 2 N–H and O–H groups in total. The highest BCUT2D eigenvalue weighted by Gasteiger charge is 2.18. The molecule has 4 aromatic rings. The molecule has 0 spiro atoms. The van der Waals surface area contributed by atoms with E-state index in [9.17, 15) is 10.1 Å². The van der Waals surface area contributed by atoms with Gasteiger partial charge in [-0.25, -0.2) is 9.97 Å². The van der Waals surface area contributed by atoms with E-state index < -0.39 is 4.92 Å². The van der Waals surface area contributed by atoms with Crippen LogP contribution >= 0.6 is 11.6 Å². The monoisotopic (exact) mass is 440 g/mol. The molecule has 0 bridgehead atoms. The Balaban J connectivity index is 0.000000179. The topological polar surface area (TPSA) is 131 Å². The number of nitrogen functional groups attached to an aromatic ring is 1. The molecule has 0 aliphatic rings. The van der Waals surface area contributed by atoms with Crippen LogP contribution in [0, 0.1) is 24.0 Å². The van der Waals surface area contributed by atoms with Gasteiger partial charge in [0.2, 0.25) is 0 Å². The van der Waals surface area contributed by atoms with Gasteiger partial charge in [0.1, 0.15) is 12.7 Å². The SMILES string of the molecule is Cc1c(-c2ncn(C)n2)cc(Cl)cc1[N+](=O)[O-].Cc1c(N)cccc1-c1ncn(C)n1. The first kappa shape index (κ1) is 21.9. The Hall–Kier alpha value is -3.79. The highest BCUT2D eigenvalue weighted by Crippen LogP contribution is 2.31. The number of halogens is 1. The Labute approximate surface area is 183 Å². The Kier molecular flexibility index (Phi) is 6.30. The van der Waals surface area contributed by atoms with Crippen molar-refractivity contribution in [2.75, 3.05) is 5.73 Å². The third kappa shape index (κ3) is 4.86. The summed E-state index contributed by atoms with van der Waals surface area (Å²) in [4.78, 5) is 18.6. The third-order valence-corrected chi connectivity index (χ3v) is 4.82. The number of rotatable bonds is 3. The molecule has 0 radical (unpaired) electrons. The maximum Gasteiger partial charge on any atom is 0.274 e. The first-order valence-corrected chi connectivity index (χ1v) is 9.56. The predicted molar refractivity (Wildman–Crippen MR) is 118 cm³/mol. The second-order valence-corrected chi connectivity index (χ2v) is 7.29. The summed E-state index contributed by atoms with van der Waals surface area (Å²) in [6, 6.07) is 8.71. The number of aromatic nitrogens is 6. The van der Waals surface area contributed by atoms with Gasteiger partial charge in [0.05, 0.1) is 4.92 Å². The van der Waals surface area contributed by atoms with Crippen LogP contribution in [0.1, 0.15) is 11.1 Å². The van der Waals surface area contributed by atoms with E-state index >= 15 is 0 Å². The van der Waals surface area contributed by atoms with E-state index in [1.165, 1.54) is 17.1 Å². The minimum Gasteiger partial charge on any atom is -0.398 e. The summed E-state index contributed by atoms with van der Waals surface area (Å²) in [5.74, 6) is 1.15. The van der Waals surface area contributed by atoms with Crippen molar-refractivity contribution in [1.29, 1.82) is 0 Å². The summed E-state index contributed by atoms with van der Waals surface area (Å²) in [6.07, 6.45) is 3.21. The molecule has 11 heteroatoms. The van der Waals surface area contributed by atoms with Crippen LogP contribution in [0.2, 0.25) is 5.02 Å². The maximum absolute atomic E-state index is 10.9. The van der Waals surface area contributed by atoms with Crippen molar-refractivity contribution in [2.24, 2.45) is 14.1 Å². The lowest BCUT2D eigenvalue weighted by Gasteiger charge is -2.03. The Morgan fingerprint density at radius 2 is 1.55 bits per heavy atom. The average molecular weight is 441 g/mol. The second-order valence-electron chi connectivity index (χ2n) is 6.86. The van der Waals surface area contributed by atoms with Gasteiger partial charge in [0.25, 0.3) is 5.69 Å². The van der Waals surface area contributed by atoms with E-state index in [1.807, 2.05) is 32.2 Å². The van der Waals surface area contributed by atoms with Gasteiger partial charge < -0.3 is 5.73 Å². The molecular weight excluding hydrogens is 420 g/mol. The predicted octanol–water partition coefficient (Wildman–Crippen LogP) is 3.72. The molecule has 4 rings (SSSR count). The zero-order valence-corrected chi connectivity index (χ0v) is 18.2. The molecule has 2 aromatic carbocycles. The van der Waals surface area contributed by atoms with Gasteiger partial charge in [0.15, 0.2) is 11.6 Å². The molecule has 0 fully saturated rings. The van der Waals surface area contributed by atoms with Crippen LogP contribution < -0.4 is 5.73 Å².